The number of nitrogens with one attached hydrogen (secondary N) is 2. The van der Waals surface area contributed by atoms with Crippen LogP contribution in [0.3, 0.4) is 0 Å². The topological polar surface area (TPSA) is 83.6 Å². The fourth-order valence-electron chi connectivity index (χ4n) is 2.98. The van der Waals surface area contributed by atoms with Crippen molar-refractivity contribution >= 4 is 23.3 Å². The molecule has 0 aliphatic heterocycles. The summed E-state index contributed by atoms with van der Waals surface area (Å²) in [6.45, 7) is 3.55. The van der Waals surface area contributed by atoms with Crippen LogP contribution in [0.5, 0.6) is 5.75 Å². The van der Waals surface area contributed by atoms with Crippen LogP contribution in [0.1, 0.15) is 44.7 Å². The van der Waals surface area contributed by atoms with E-state index in [-0.39, 0.29) is 18.0 Å². The van der Waals surface area contributed by atoms with Crippen LogP contribution >= 0.6 is 0 Å². The standard InChI is InChI=1S/C21H28N4O3/c1-5-6-9-19(16-8-7-12-22-14-16)25(3)21(27)24-17-10-11-20(28-4)18(13-17)23-15(2)26/h7-8,10-14,19H,5-6,9H2,1-4H3,(H,23,26)(H,24,27)/t19-/m1/s1. The lowest BCUT2D eigenvalue weighted by Gasteiger charge is -2.28. The number of amides is 3. The van der Waals surface area contributed by atoms with Gasteiger partial charge in [0.05, 0.1) is 18.8 Å². The summed E-state index contributed by atoms with van der Waals surface area (Å²) in [4.78, 5) is 30.1. The summed E-state index contributed by atoms with van der Waals surface area (Å²) >= 11 is 0. The summed E-state index contributed by atoms with van der Waals surface area (Å²) in [5.74, 6) is 0.313. The smallest absolute Gasteiger partial charge is 0.322 e. The molecule has 1 heterocycles. The SMILES string of the molecule is CCCC[C@H](c1cccnc1)N(C)C(=O)Nc1ccc(OC)c(NC(C)=O)c1. The lowest BCUT2D eigenvalue weighted by molar-refractivity contribution is -0.114. The number of methoxy groups -OCH3 is 1. The van der Waals surface area contributed by atoms with Crippen molar-refractivity contribution in [2.45, 2.75) is 39.2 Å². The Balaban J connectivity index is 2.18. The first kappa shape index (κ1) is 21.2. The fraction of sp³-hybridized carbons (Fsp3) is 0.381. The Bertz CT molecular complexity index is 795. The van der Waals surface area contributed by atoms with Crippen LogP contribution in [0.25, 0.3) is 0 Å². The quantitative estimate of drug-likeness (QED) is 0.704. The van der Waals surface area contributed by atoms with Crippen molar-refractivity contribution in [2.24, 2.45) is 0 Å². The zero-order chi connectivity index (χ0) is 20.5. The van der Waals surface area contributed by atoms with Crippen LogP contribution in [-0.2, 0) is 4.79 Å². The molecule has 0 spiro atoms. The van der Waals surface area contributed by atoms with Gasteiger partial charge in [0.25, 0.3) is 0 Å². The third-order valence-electron chi connectivity index (χ3n) is 4.45. The summed E-state index contributed by atoms with van der Waals surface area (Å²) in [5, 5.41) is 5.60. The lowest BCUT2D eigenvalue weighted by atomic mass is 10.0. The summed E-state index contributed by atoms with van der Waals surface area (Å²) < 4.78 is 5.25. The molecule has 3 amide bonds. The van der Waals surface area contributed by atoms with E-state index in [0.717, 1.165) is 24.8 Å². The first-order chi connectivity index (χ1) is 13.5. The van der Waals surface area contributed by atoms with Crippen LogP contribution in [-0.4, -0.2) is 36.0 Å². The first-order valence-electron chi connectivity index (χ1n) is 9.35. The second-order valence-corrected chi connectivity index (χ2v) is 6.58. The Hall–Kier alpha value is -3.09. The van der Waals surface area contributed by atoms with Crippen molar-refractivity contribution in [2.75, 3.05) is 24.8 Å². The van der Waals surface area contributed by atoms with Crippen molar-refractivity contribution in [1.82, 2.24) is 9.88 Å². The molecule has 0 saturated carbocycles. The van der Waals surface area contributed by atoms with Gasteiger partial charge in [0.15, 0.2) is 0 Å². The number of unbranched alkanes of at least 4 members (excludes halogenated alkanes) is 1. The van der Waals surface area contributed by atoms with Crippen LogP contribution in [0.4, 0.5) is 16.2 Å². The largest absolute Gasteiger partial charge is 0.495 e. The number of anilines is 2. The lowest BCUT2D eigenvalue weighted by Crippen LogP contribution is -2.35. The van der Waals surface area contributed by atoms with Gasteiger partial charge in [-0.1, -0.05) is 25.8 Å². The molecular formula is C21H28N4O3. The van der Waals surface area contributed by atoms with E-state index in [4.69, 9.17) is 4.74 Å². The van der Waals surface area contributed by atoms with Gasteiger partial charge >= 0.3 is 6.03 Å². The molecule has 28 heavy (non-hydrogen) atoms. The maximum Gasteiger partial charge on any atom is 0.322 e. The summed E-state index contributed by atoms with van der Waals surface area (Å²) in [5.41, 5.74) is 2.08. The van der Waals surface area contributed by atoms with Crippen LogP contribution < -0.4 is 15.4 Å². The average Bonchev–Trinajstić information content (AvgIpc) is 2.68. The van der Waals surface area contributed by atoms with E-state index in [9.17, 15) is 9.59 Å². The highest BCUT2D eigenvalue weighted by Gasteiger charge is 2.22. The predicted octanol–water partition coefficient (Wildman–Crippen LogP) is 4.44. The summed E-state index contributed by atoms with van der Waals surface area (Å²) in [7, 11) is 3.31. The van der Waals surface area contributed by atoms with Crippen LogP contribution in [0, 0.1) is 0 Å². The van der Waals surface area contributed by atoms with E-state index >= 15 is 0 Å². The maximum atomic E-state index is 12.9. The molecule has 1 aromatic carbocycles. The second kappa shape index (κ2) is 10.3. The molecule has 0 fully saturated rings. The molecule has 1 aromatic heterocycles. The molecule has 2 aromatic rings. The van der Waals surface area contributed by atoms with Gasteiger partial charge in [0, 0.05) is 32.1 Å². The summed E-state index contributed by atoms with van der Waals surface area (Å²) in [6.07, 6.45) is 6.43. The van der Waals surface area contributed by atoms with Gasteiger partial charge in [0.1, 0.15) is 5.75 Å². The minimum atomic E-state index is -0.233. The maximum absolute atomic E-state index is 12.9. The normalized spacial score (nSPS) is 11.4. The van der Waals surface area contributed by atoms with E-state index in [0.29, 0.717) is 17.1 Å². The van der Waals surface area contributed by atoms with E-state index < -0.39 is 0 Å². The highest BCUT2D eigenvalue weighted by atomic mass is 16.5. The Kier molecular flexibility index (Phi) is 7.80. The Morgan fingerprint density at radius 2 is 2.04 bits per heavy atom. The molecule has 0 unspecified atom stereocenters. The van der Waals surface area contributed by atoms with Gasteiger partial charge in [-0.15, -0.1) is 0 Å². The molecule has 0 bridgehead atoms. The molecule has 1 atom stereocenters. The molecule has 7 nitrogen and oxygen atoms in total. The molecule has 7 heteroatoms. The number of pyridine rings is 1. The number of carbonyl (C=O) groups is 2. The molecule has 2 N–H and O–H groups in total. The Morgan fingerprint density at radius 1 is 1.25 bits per heavy atom. The van der Waals surface area contributed by atoms with E-state index in [1.165, 1.54) is 14.0 Å². The van der Waals surface area contributed by atoms with Crippen molar-refractivity contribution in [3.05, 3.63) is 48.3 Å². The first-order valence-corrected chi connectivity index (χ1v) is 9.35. The monoisotopic (exact) mass is 384 g/mol. The molecule has 0 aliphatic rings. The second-order valence-electron chi connectivity index (χ2n) is 6.58. The number of urea groups is 1. The van der Waals surface area contributed by atoms with E-state index in [1.54, 1.807) is 42.5 Å². The molecule has 2 rings (SSSR count). The Labute approximate surface area is 166 Å². The number of nitrogens with zero attached hydrogens (tertiary/aromatic N) is 2. The third-order valence-corrected chi connectivity index (χ3v) is 4.45. The molecule has 150 valence electrons. The van der Waals surface area contributed by atoms with Gasteiger partial charge < -0.3 is 20.3 Å². The minimum absolute atomic E-state index is 0.0679. The highest BCUT2D eigenvalue weighted by molar-refractivity contribution is 5.94. The number of hydrogen-bond acceptors (Lipinski definition) is 4. The van der Waals surface area contributed by atoms with Crippen molar-refractivity contribution < 1.29 is 14.3 Å². The zero-order valence-corrected chi connectivity index (χ0v) is 16.9. The third kappa shape index (κ3) is 5.70. The van der Waals surface area contributed by atoms with Gasteiger partial charge in [-0.05, 0) is 36.2 Å². The highest BCUT2D eigenvalue weighted by Crippen LogP contribution is 2.29. The number of hydrogen-bond donors (Lipinski definition) is 2. The van der Waals surface area contributed by atoms with Crippen molar-refractivity contribution in [3.63, 3.8) is 0 Å². The van der Waals surface area contributed by atoms with E-state index in [1.807, 2.05) is 12.1 Å². The Morgan fingerprint density at radius 3 is 2.64 bits per heavy atom. The number of benzene rings is 1. The fourth-order valence-corrected chi connectivity index (χ4v) is 2.98. The molecule has 0 saturated heterocycles. The average molecular weight is 384 g/mol. The van der Waals surface area contributed by atoms with Gasteiger partial charge in [-0.3, -0.25) is 9.78 Å². The number of rotatable bonds is 8. The minimum Gasteiger partial charge on any atom is -0.495 e. The van der Waals surface area contributed by atoms with Gasteiger partial charge in [-0.25, -0.2) is 4.79 Å². The van der Waals surface area contributed by atoms with Crippen molar-refractivity contribution in [1.29, 1.82) is 0 Å². The molecular weight excluding hydrogens is 356 g/mol. The predicted molar refractivity (Wildman–Crippen MR) is 111 cm³/mol. The van der Waals surface area contributed by atoms with Crippen molar-refractivity contribution in [3.8, 4) is 5.75 Å². The van der Waals surface area contributed by atoms with Crippen LogP contribution in [0.2, 0.25) is 0 Å². The van der Waals surface area contributed by atoms with Gasteiger partial charge in [-0.2, -0.15) is 0 Å². The molecule has 0 radical (unpaired) electrons. The number of carbonyl (C=O) groups excluding carboxylic acids is 2. The van der Waals surface area contributed by atoms with Crippen LogP contribution in [0.15, 0.2) is 42.7 Å². The molecule has 0 aliphatic carbocycles. The zero-order valence-electron chi connectivity index (χ0n) is 16.9. The summed E-state index contributed by atoms with van der Waals surface area (Å²) in [6, 6.07) is 8.68. The number of ether oxygens (including phenoxy) is 1. The van der Waals surface area contributed by atoms with E-state index in [2.05, 4.69) is 22.5 Å². The number of aromatic nitrogens is 1. The van der Waals surface area contributed by atoms with Gasteiger partial charge in [0.2, 0.25) is 5.91 Å².